The van der Waals surface area contributed by atoms with Crippen LogP contribution in [0.3, 0.4) is 0 Å². The Kier molecular flexibility index (Phi) is 3.90. The quantitative estimate of drug-likeness (QED) is 0.770. The largest absolute Gasteiger partial charge is 0.480 e. The minimum Gasteiger partial charge on any atom is -0.480 e. The standard InChI is InChI=1S/C13H22N2O3/c14-13(6-3-7-13)8-11(16)15(9-12(17)18)10-4-1-2-5-10/h10H,1-9,14H2,(H,17,18). The van der Waals surface area contributed by atoms with Gasteiger partial charge in [0.15, 0.2) is 0 Å². The number of carbonyl (C=O) groups excluding carboxylic acids is 1. The molecule has 0 unspecified atom stereocenters. The van der Waals surface area contributed by atoms with Crippen LogP contribution in [0.4, 0.5) is 0 Å². The number of carboxylic acids is 1. The lowest BCUT2D eigenvalue weighted by molar-refractivity contribution is -0.147. The fourth-order valence-corrected chi connectivity index (χ4v) is 2.99. The minimum absolute atomic E-state index is 0.0773. The Bertz CT molecular complexity index is 333. The SMILES string of the molecule is NC1(CC(=O)N(CC(=O)O)C2CCCC2)CCC1. The molecule has 1 amide bonds. The zero-order valence-electron chi connectivity index (χ0n) is 10.7. The summed E-state index contributed by atoms with van der Waals surface area (Å²) >= 11 is 0. The predicted molar refractivity (Wildman–Crippen MR) is 67.0 cm³/mol. The molecule has 2 aliphatic rings. The minimum atomic E-state index is -0.935. The molecule has 0 radical (unpaired) electrons. The number of nitrogens with two attached hydrogens (primary N) is 1. The lowest BCUT2D eigenvalue weighted by Crippen LogP contribution is -2.52. The van der Waals surface area contributed by atoms with Crippen LogP contribution in [0, 0.1) is 0 Å². The van der Waals surface area contributed by atoms with Crippen LogP contribution < -0.4 is 5.73 Å². The maximum atomic E-state index is 12.3. The van der Waals surface area contributed by atoms with Gasteiger partial charge in [-0.15, -0.1) is 0 Å². The van der Waals surface area contributed by atoms with Gasteiger partial charge in [0.1, 0.15) is 6.54 Å². The maximum absolute atomic E-state index is 12.3. The van der Waals surface area contributed by atoms with E-state index in [0.717, 1.165) is 44.9 Å². The molecule has 18 heavy (non-hydrogen) atoms. The second kappa shape index (κ2) is 5.26. The summed E-state index contributed by atoms with van der Waals surface area (Å²) in [5.41, 5.74) is 5.71. The van der Waals surface area contributed by atoms with E-state index < -0.39 is 5.97 Å². The van der Waals surface area contributed by atoms with Crippen molar-refractivity contribution >= 4 is 11.9 Å². The fraction of sp³-hybridized carbons (Fsp3) is 0.846. The second-order valence-corrected chi connectivity index (χ2v) is 5.75. The van der Waals surface area contributed by atoms with Gasteiger partial charge in [0.2, 0.25) is 5.91 Å². The highest BCUT2D eigenvalue weighted by Crippen LogP contribution is 2.33. The van der Waals surface area contributed by atoms with Crippen molar-refractivity contribution in [3.05, 3.63) is 0 Å². The van der Waals surface area contributed by atoms with Crippen molar-refractivity contribution in [1.29, 1.82) is 0 Å². The van der Waals surface area contributed by atoms with E-state index in [1.165, 1.54) is 0 Å². The molecule has 0 aliphatic heterocycles. The third kappa shape index (κ3) is 3.02. The number of aliphatic carboxylic acids is 1. The third-order valence-electron chi connectivity index (χ3n) is 4.24. The lowest BCUT2D eigenvalue weighted by Gasteiger charge is -2.39. The number of amides is 1. The predicted octanol–water partition coefficient (Wildman–Crippen LogP) is 1.11. The van der Waals surface area contributed by atoms with Gasteiger partial charge in [-0.2, -0.15) is 0 Å². The first kappa shape index (κ1) is 13.3. The number of carbonyl (C=O) groups is 2. The van der Waals surface area contributed by atoms with Gasteiger partial charge < -0.3 is 15.7 Å². The van der Waals surface area contributed by atoms with Crippen molar-refractivity contribution in [1.82, 2.24) is 4.90 Å². The van der Waals surface area contributed by atoms with Gasteiger partial charge in [-0.1, -0.05) is 12.8 Å². The van der Waals surface area contributed by atoms with E-state index in [9.17, 15) is 9.59 Å². The van der Waals surface area contributed by atoms with E-state index in [0.29, 0.717) is 6.42 Å². The Labute approximate surface area is 107 Å². The van der Waals surface area contributed by atoms with Crippen molar-refractivity contribution in [3.8, 4) is 0 Å². The molecule has 0 heterocycles. The highest BCUT2D eigenvalue weighted by molar-refractivity contribution is 5.82. The molecule has 0 bridgehead atoms. The summed E-state index contributed by atoms with van der Waals surface area (Å²) in [6.45, 7) is -0.181. The maximum Gasteiger partial charge on any atom is 0.323 e. The van der Waals surface area contributed by atoms with Gasteiger partial charge >= 0.3 is 5.97 Å². The van der Waals surface area contributed by atoms with E-state index in [2.05, 4.69) is 0 Å². The summed E-state index contributed by atoms with van der Waals surface area (Å²) < 4.78 is 0. The van der Waals surface area contributed by atoms with Crippen LogP contribution in [0.2, 0.25) is 0 Å². The van der Waals surface area contributed by atoms with Crippen LogP contribution in [0.25, 0.3) is 0 Å². The van der Waals surface area contributed by atoms with Crippen molar-refractivity contribution in [2.24, 2.45) is 5.73 Å². The fourth-order valence-electron chi connectivity index (χ4n) is 2.99. The zero-order valence-corrected chi connectivity index (χ0v) is 10.7. The van der Waals surface area contributed by atoms with Crippen LogP contribution in [0.15, 0.2) is 0 Å². The van der Waals surface area contributed by atoms with Crippen LogP contribution >= 0.6 is 0 Å². The summed E-state index contributed by atoms with van der Waals surface area (Å²) in [4.78, 5) is 24.7. The third-order valence-corrected chi connectivity index (χ3v) is 4.24. The second-order valence-electron chi connectivity index (χ2n) is 5.75. The summed E-state index contributed by atoms with van der Waals surface area (Å²) in [7, 11) is 0. The van der Waals surface area contributed by atoms with Crippen molar-refractivity contribution in [2.45, 2.75) is 62.9 Å². The number of carboxylic acid groups (broad SMARTS) is 1. The van der Waals surface area contributed by atoms with Gasteiger partial charge in [0, 0.05) is 18.0 Å². The molecule has 5 nitrogen and oxygen atoms in total. The topological polar surface area (TPSA) is 83.6 Å². The molecule has 5 heteroatoms. The van der Waals surface area contributed by atoms with E-state index in [1.807, 2.05) is 0 Å². The molecule has 2 rings (SSSR count). The molecular weight excluding hydrogens is 232 g/mol. The van der Waals surface area contributed by atoms with Gasteiger partial charge in [-0.25, -0.2) is 0 Å². The Morgan fingerprint density at radius 3 is 2.28 bits per heavy atom. The smallest absolute Gasteiger partial charge is 0.323 e. The normalized spacial score (nSPS) is 22.5. The monoisotopic (exact) mass is 254 g/mol. The van der Waals surface area contributed by atoms with Crippen LogP contribution in [-0.2, 0) is 9.59 Å². The Morgan fingerprint density at radius 1 is 1.22 bits per heavy atom. The molecular formula is C13H22N2O3. The number of hydrogen-bond acceptors (Lipinski definition) is 3. The van der Waals surface area contributed by atoms with E-state index >= 15 is 0 Å². The molecule has 2 aliphatic carbocycles. The molecule has 2 saturated carbocycles. The first-order valence-corrected chi connectivity index (χ1v) is 6.80. The average Bonchev–Trinajstić information content (AvgIpc) is 2.76. The summed E-state index contributed by atoms with van der Waals surface area (Å²) in [5.74, 6) is -1.01. The molecule has 0 aromatic heterocycles. The average molecular weight is 254 g/mol. The summed E-state index contributed by atoms with van der Waals surface area (Å²) in [6.07, 6.45) is 7.16. The first-order chi connectivity index (χ1) is 8.50. The van der Waals surface area contributed by atoms with Crippen molar-refractivity contribution in [3.63, 3.8) is 0 Å². The first-order valence-electron chi connectivity index (χ1n) is 6.80. The summed E-state index contributed by atoms with van der Waals surface area (Å²) in [6, 6.07) is 0.109. The van der Waals surface area contributed by atoms with Crippen LogP contribution in [-0.4, -0.2) is 40.0 Å². The molecule has 0 aromatic rings. The van der Waals surface area contributed by atoms with Crippen LogP contribution in [0.1, 0.15) is 51.4 Å². The summed E-state index contributed by atoms with van der Waals surface area (Å²) in [5, 5.41) is 8.94. The lowest BCUT2D eigenvalue weighted by atomic mass is 9.75. The highest BCUT2D eigenvalue weighted by atomic mass is 16.4. The van der Waals surface area contributed by atoms with Gasteiger partial charge in [0.05, 0.1) is 0 Å². The van der Waals surface area contributed by atoms with Crippen LogP contribution in [0.5, 0.6) is 0 Å². The highest BCUT2D eigenvalue weighted by Gasteiger charge is 2.38. The number of nitrogens with zero attached hydrogens (tertiary/aromatic N) is 1. The number of rotatable bonds is 5. The zero-order chi connectivity index (χ0) is 13.2. The Balaban J connectivity index is 1.97. The molecule has 0 atom stereocenters. The van der Waals surface area contributed by atoms with E-state index in [4.69, 9.17) is 10.8 Å². The Hall–Kier alpha value is -1.10. The number of hydrogen-bond donors (Lipinski definition) is 2. The molecule has 0 spiro atoms. The van der Waals surface area contributed by atoms with Crippen molar-refractivity contribution in [2.75, 3.05) is 6.54 Å². The molecule has 0 saturated heterocycles. The molecule has 102 valence electrons. The van der Waals surface area contributed by atoms with E-state index in [1.54, 1.807) is 4.90 Å². The molecule has 0 aromatic carbocycles. The van der Waals surface area contributed by atoms with Crippen molar-refractivity contribution < 1.29 is 14.7 Å². The molecule has 2 fully saturated rings. The van der Waals surface area contributed by atoms with Gasteiger partial charge in [0.25, 0.3) is 0 Å². The molecule has 3 N–H and O–H groups in total. The van der Waals surface area contributed by atoms with Gasteiger partial charge in [-0.05, 0) is 32.1 Å². The van der Waals surface area contributed by atoms with E-state index in [-0.39, 0.29) is 24.0 Å². The van der Waals surface area contributed by atoms with Gasteiger partial charge in [-0.3, -0.25) is 9.59 Å². The Morgan fingerprint density at radius 2 is 1.83 bits per heavy atom.